The molecule has 2 aliphatic heterocycles. The number of halogens is 1. The second kappa shape index (κ2) is 7.79. The molecule has 25 heavy (non-hydrogen) atoms. The Morgan fingerprint density at radius 3 is 2.96 bits per heavy atom. The number of amides is 2. The van der Waals surface area contributed by atoms with Gasteiger partial charge in [-0.2, -0.15) is 0 Å². The summed E-state index contributed by atoms with van der Waals surface area (Å²) in [6.45, 7) is 2.34. The van der Waals surface area contributed by atoms with Gasteiger partial charge in [-0.25, -0.2) is 9.45 Å². The topological polar surface area (TPSA) is 71.1 Å². The van der Waals surface area contributed by atoms with Crippen LogP contribution < -0.4 is 10.1 Å². The molecule has 0 aromatic heterocycles. The molecule has 2 amide bonds. The van der Waals surface area contributed by atoms with Crippen LogP contribution in [0, 0.1) is 5.82 Å². The summed E-state index contributed by atoms with van der Waals surface area (Å²) in [6, 6.07) is 4.01. The van der Waals surface area contributed by atoms with Gasteiger partial charge in [0.1, 0.15) is 11.6 Å². The first-order chi connectivity index (χ1) is 12.1. The summed E-state index contributed by atoms with van der Waals surface area (Å²) in [6.07, 6.45) is 0.812. The summed E-state index contributed by atoms with van der Waals surface area (Å²) in [5.41, 5.74) is 0.463. The third-order valence-electron chi connectivity index (χ3n) is 4.47. The highest BCUT2D eigenvalue weighted by molar-refractivity contribution is 5.88. The zero-order chi connectivity index (χ0) is 17.8. The second-order valence-corrected chi connectivity index (χ2v) is 6.12. The Hall–Kier alpha value is -2.19. The van der Waals surface area contributed by atoms with Crippen molar-refractivity contribution in [3.63, 3.8) is 0 Å². The molecule has 1 atom stereocenters. The van der Waals surface area contributed by atoms with Crippen LogP contribution in [0.15, 0.2) is 18.2 Å². The van der Waals surface area contributed by atoms with E-state index in [2.05, 4.69) is 5.32 Å². The van der Waals surface area contributed by atoms with Gasteiger partial charge in [0.25, 0.3) is 0 Å². The predicted octanol–water partition coefficient (Wildman–Crippen LogP) is 0.689. The molecule has 1 aromatic carbocycles. The molecule has 136 valence electrons. The highest BCUT2D eigenvalue weighted by Gasteiger charge is 2.34. The Labute approximate surface area is 145 Å². The minimum absolute atomic E-state index is 0.0175. The average molecular weight is 351 g/mol. The highest BCUT2D eigenvalue weighted by Crippen LogP contribution is 2.21. The molecule has 0 radical (unpaired) electrons. The van der Waals surface area contributed by atoms with Gasteiger partial charge in [0, 0.05) is 31.3 Å². The number of hydrogen-bond acceptors (Lipinski definition) is 5. The van der Waals surface area contributed by atoms with Crippen molar-refractivity contribution in [1.29, 1.82) is 0 Å². The van der Waals surface area contributed by atoms with Crippen LogP contribution in [-0.4, -0.2) is 61.2 Å². The number of nitrogens with zero attached hydrogens (tertiary/aromatic N) is 2. The maximum Gasteiger partial charge on any atom is 0.248 e. The van der Waals surface area contributed by atoms with E-state index in [1.54, 1.807) is 12.1 Å². The fraction of sp³-hybridized carbons (Fsp3) is 0.529. The first-order valence-corrected chi connectivity index (χ1v) is 8.36. The summed E-state index contributed by atoms with van der Waals surface area (Å²) in [4.78, 5) is 31.6. The van der Waals surface area contributed by atoms with Gasteiger partial charge in [0.05, 0.1) is 32.7 Å². The van der Waals surface area contributed by atoms with Gasteiger partial charge in [0.2, 0.25) is 11.8 Å². The van der Waals surface area contributed by atoms with Crippen LogP contribution in [0.3, 0.4) is 0 Å². The van der Waals surface area contributed by atoms with Crippen molar-refractivity contribution in [2.24, 2.45) is 0 Å². The van der Waals surface area contributed by atoms with Gasteiger partial charge >= 0.3 is 0 Å². The van der Waals surface area contributed by atoms with Gasteiger partial charge < -0.3 is 10.1 Å². The van der Waals surface area contributed by atoms with Gasteiger partial charge in [0.15, 0.2) is 0 Å². The van der Waals surface area contributed by atoms with Crippen LogP contribution >= 0.6 is 0 Å². The zero-order valence-electron chi connectivity index (χ0n) is 14.2. The number of piperazine rings is 1. The van der Waals surface area contributed by atoms with Crippen molar-refractivity contribution in [2.75, 3.05) is 33.4 Å². The van der Waals surface area contributed by atoms with Crippen molar-refractivity contribution in [1.82, 2.24) is 15.3 Å². The van der Waals surface area contributed by atoms with Crippen molar-refractivity contribution in [3.05, 3.63) is 29.6 Å². The van der Waals surface area contributed by atoms with Crippen molar-refractivity contribution < 1.29 is 23.6 Å². The minimum Gasteiger partial charge on any atom is -0.497 e. The third-order valence-corrected chi connectivity index (χ3v) is 4.47. The molecular weight excluding hydrogens is 329 g/mol. The van der Waals surface area contributed by atoms with Gasteiger partial charge in [-0.3, -0.25) is 19.3 Å². The van der Waals surface area contributed by atoms with Gasteiger partial charge in [-0.1, -0.05) is 6.07 Å². The lowest BCUT2D eigenvalue weighted by atomic mass is 10.1. The Bertz CT molecular complexity index is 649. The summed E-state index contributed by atoms with van der Waals surface area (Å²) in [7, 11) is 1.48. The Kier molecular flexibility index (Phi) is 5.50. The number of ether oxygens (including phenoxy) is 1. The normalized spacial score (nSPS) is 21.3. The van der Waals surface area contributed by atoms with E-state index in [0.29, 0.717) is 37.6 Å². The molecule has 0 aliphatic carbocycles. The molecule has 2 heterocycles. The fourth-order valence-electron chi connectivity index (χ4n) is 3.09. The number of methoxy groups -OCH3 is 1. The quantitative estimate of drug-likeness (QED) is 0.845. The summed E-state index contributed by atoms with van der Waals surface area (Å²) in [5.74, 6) is -0.388. The molecule has 1 aromatic rings. The lowest BCUT2D eigenvalue weighted by Gasteiger charge is -2.35. The smallest absolute Gasteiger partial charge is 0.248 e. The molecule has 2 aliphatic rings. The summed E-state index contributed by atoms with van der Waals surface area (Å²) in [5, 5.41) is 4.08. The molecule has 1 N–H and O–H groups in total. The fourth-order valence-corrected chi connectivity index (χ4v) is 3.09. The van der Waals surface area contributed by atoms with Crippen molar-refractivity contribution in [2.45, 2.75) is 25.4 Å². The van der Waals surface area contributed by atoms with Crippen LogP contribution in [0.2, 0.25) is 0 Å². The van der Waals surface area contributed by atoms with E-state index < -0.39 is 11.9 Å². The standard InChI is InChI=1S/C17H22FN3O4/c1-24-13-4-3-12(14(18)9-13)11-20-7-5-19-17(23)15(20)10-16(22)21-6-2-8-25-21/h3-4,9,15H,2,5-8,10-11H2,1H3,(H,19,23). The maximum absolute atomic E-state index is 14.2. The van der Waals surface area contributed by atoms with E-state index >= 15 is 0 Å². The lowest BCUT2D eigenvalue weighted by molar-refractivity contribution is -0.171. The van der Waals surface area contributed by atoms with Crippen LogP contribution in [-0.2, 0) is 21.0 Å². The molecule has 2 fully saturated rings. The molecule has 0 saturated carbocycles. The Morgan fingerprint density at radius 1 is 1.44 bits per heavy atom. The van der Waals surface area contributed by atoms with Gasteiger partial charge in [-0.15, -0.1) is 0 Å². The van der Waals surface area contributed by atoms with E-state index in [4.69, 9.17) is 9.57 Å². The molecule has 8 heteroatoms. The number of hydrogen-bond donors (Lipinski definition) is 1. The average Bonchev–Trinajstić information content (AvgIpc) is 3.14. The summed E-state index contributed by atoms with van der Waals surface area (Å²) < 4.78 is 19.2. The van der Waals surface area contributed by atoms with Crippen LogP contribution in [0.25, 0.3) is 0 Å². The minimum atomic E-state index is -0.632. The lowest BCUT2D eigenvalue weighted by Crippen LogP contribution is -2.56. The Morgan fingerprint density at radius 2 is 2.28 bits per heavy atom. The van der Waals surface area contributed by atoms with Gasteiger partial charge in [-0.05, 0) is 12.5 Å². The predicted molar refractivity (Wildman–Crippen MR) is 87.1 cm³/mol. The first-order valence-electron chi connectivity index (χ1n) is 8.36. The number of benzene rings is 1. The second-order valence-electron chi connectivity index (χ2n) is 6.12. The number of rotatable bonds is 5. The molecule has 3 rings (SSSR count). The number of carbonyl (C=O) groups excluding carboxylic acids is 2. The molecule has 0 bridgehead atoms. The van der Waals surface area contributed by atoms with Crippen LogP contribution in [0.4, 0.5) is 4.39 Å². The zero-order valence-corrected chi connectivity index (χ0v) is 14.2. The number of carbonyl (C=O) groups is 2. The highest BCUT2D eigenvalue weighted by atomic mass is 19.1. The third kappa shape index (κ3) is 4.08. The maximum atomic E-state index is 14.2. The Balaban J connectivity index is 1.71. The van der Waals surface area contributed by atoms with E-state index in [1.165, 1.54) is 18.2 Å². The molecule has 2 saturated heterocycles. The molecule has 0 spiro atoms. The number of nitrogens with one attached hydrogen (secondary N) is 1. The van der Waals surface area contributed by atoms with Crippen molar-refractivity contribution in [3.8, 4) is 5.75 Å². The van der Waals surface area contributed by atoms with Crippen molar-refractivity contribution >= 4 is 11.8 Å². The molecule has 1 unspecified atom stereocenters. The molecular formula is C17H22FN3O4. The van der Waals surface area contributed by atoms with E-state index in [0.717, 1.165) is 6.42 Å². The monoisotopic (exact) mass is 351 g/mol. The molecule has 7 nitrogen and oxygen atoms in total. The van der Waals surface area contributed by atoms with E-state index in [1.807, 2.05) is 4.90 Å². The van der Waals surface area contributed by atoms with E-state index in [-0.39, 0.29) is 24.8 Å². The van der Waals surface area contributed by atoms with Crippen LogP contribution in [0.5, 0.6) is 5.75 Å². The number of hydroxylamine groups is 2. The summed E-state index contributed by atoms with van der Waals surface area (Å²) >= 11 is 0. The largest absolute Gasteiger partial charge is 0.497 e. The van der Waals surface area contributed by atoms with Crippen LogP contribution in [0.1, 0.15) is 18.4 Å². The SMILES string of the molecule is COc1ccc(CN2CCNC(=O)C2CC(=O)N2CCCO2)c(F)c1. The first kappa shape index (κ1) is 17.6. The van der Waals surface area contributed by atoms with E-state index in [9.17, 15) is 14.0 Å².